The number of amides is 2. The summed E-state index contributed by atoms with van der Waals surface area (Å²) in [6.45, 7) is 0.812. The number of fused-ring (bicyclic) bond motifs is 1. The Morgan fingerprint density at radius 2 is 1.88 bits per heavy atom. The van der Waals surface area contributed by atoms with E-state index in [9.17, 15) is 22.8 Å². The second-order valence-corrected chi connectivity index (χ2v) is 7.61. The van der Waals surface area contributed by atoms with Gasteiger partial charge in [-0.3, -0.25) is 4.79 Å². The minimum absolute atomic E-state index is 0.0429. The van der Waals surface area contributed by atoms with Gasteiger partial charge in [-0.05, 0) is 46.9 Å². The maximum atomic E-state index is 13.4. The monoisotopic (exact) mass is 456 g/mol. The molecule has 2 N–H and O–H groups in total. The van der Waals surface area contributed by atoms with Crippen LogP contribution in [0.5, 0.6) is 0 Å². The lowest BCUT2D eigenvalue weighted by atomic mass is 9.97. The number of hydrogen-bond acceptors (Lipinski definition) is 3. The van der Waals surface area contributed by atoms with Crippen molar-refractivity contribution in [1.82, 2.24) is 14.5 Å². The van der Waals surface area contributed by atoms with Gasteiger partial charge >= 0.3 is 6.09 Å². The minimum atomic E-state index is -1.52. The Kier molecular flexibility index (Phi) is 6.16. The molecule has 0 saturated carbocycles. The van der Waals surface area contributed by atoms with Crippen molar-refractivity contribution >= 4 is 23.9 Å². The van der Waals surface area contributed by atoms with E-state index in [1.54, 1.807) is 6.08 Å². The third-order valence-corrected chi connectivity index (χ3v) is 5.23. The number of benzene rings is 2. The largest absolute Gasteiger partial charge is 0.465 e. The molecule has 0 spiro atoms. The number of rotatable bonds is 5. The summed E-state index contributed by atoms with van der Waals surface area (Å²) in [6, 6.07) is 7.39. The number of carboxylic acid groups (broad SMARTS) is 1. The molecule has 1 aliphatic heterocycles. The van der Waals surface area contributed by atoms with Crippen molar-refractivity contribution < 1.29 is 27.9 Å². The minimum Gasteiger partial charge on any atom is -0.465 e. The quantitative estimate of drug-likeness (QED) is 0.448. The predicted octanol–water partition coefficient (Wildman–Crippen LogP) is 4.04. The summed E-state index contributed by atoms with van der Waals surface area (Å²) in [7, 11) is 0. The van der Waals surface area contributed by atoms with E-state index in [1.165, 1.54) is 28.1 Å². The Labute approximate surface area is 186 Å². The lowest BCUT2D eigenvalue weighted by molar-refractivity contribution is -0.111. The van der Waals surface area contributed by atoms with Crippen LogP contribution in [0.15, 0.2) is 48.9 Å². The topological polar surface area (TPSA) is 87.5 Å². The number of hydrogen-bond donors (Lipinski definition) is 2. The van der Waals surface area contributed by atoms with Gasteiger partial charge in [0, 0.05) is 31.9 Å². The Hall–Kier alpha value is -4.08. The molecule has 3 aromatic rings. The van der Waals surface area contributed by atoms with Crippen LogP contribution in [0, 0.1) is 17.5 Å². The Morgan fingerprint density at radius 1 is 1.12 bits per heavy atom. The number of anilines is 1. The molecule has 4 rings (SSSR count). The van der Waals surface area contributed by atoms with E-state index >= 15 is 0 Å². The van der Waals surface area contributed by atoms with E-state index in [0.29, 0.717) is 19.5 Å². The van der Waals surface area contributed by atoms with E-state index in [-0.39, 0.29) is 17.9 Å². The van der Waals surface area contributed by atoms with Crippen molar-refractivity contribution in [2.45, 2.75) is 19.5 Å². The summed E-state index contributed by atoms with van der Waals surface area (Å²) in [5, 5.41) is 11.7. The van der Waals surface area contributed by atoms with Gasteiger partial charge in [0.25, 0.3) is 0 Å². The maximum Gasteiger partial charge on any atom is 0.407 e. The van der Waals surface area contributed by atoms with E-state index in [2.05, 4.69) is 10.3 Å². The van der Waals surface area contributed by atoms with Crippen LogP contribution >= 0.6 is 0 Å². The SMILES string of the molecule is O=C(/C=C/c1ccc2c(c1)CCN(C(=O)O)C2)Nc1cn(Cc2cc(F)c(F)c(F)c2)cn1. The molecule has 7 nitrogen and oxygen atoms in total. The predicted molar refractivity (Wildman–Crippen MR) is 114 cm³/mol. The standard InChI is InChI=1S/C23H19F3N4O3/c24-18-8-15(9-19(25)22(18)26)10-29-12-20(27-13-29)28-21(31)4-2-14-1-3-17-11-30(23(32)33)6-5-16(17)7-14/h1-4,7-9,12-13H,5-6,10-11H2,(H,28,31)(H,32,33)/b4-2+. The van der Waals surface area contributed by atoms with Crippen molar-refractivity contribution in [2.24, 2.45) is 0 Å². The number of carbonyl (C=O) groups is 2. The number of carbonyl (C=O) groups excluding carboxylic acids is 1. The van der Waals surface area contributed by atoms with Crippen LogP contribution in [0.2, 0.25) is 0 Å². The Bertz CT molecular complexity index is 1230. The highest BCUT2D eigenvalue weighted by molar-refractivity contribution is 6.01. The molecule has 0 aliphatic carbocycles. The van der Waals surface area contributed by atoms with Gasteiger partial charge in [-0.15, -0.1) is 0 Å². The fourth-order valence-corrected chi connectivity index (χ4v) is 3.60. The zero-order chi connectivity index (χ0) is 23.5. The molecule has 0 bridgehead atoms. The third kappa shape index (κ3) is 5.22. The lowest BCUT2D eigenvalue weighted by Gasteiger charge is -2.26. The summed E-state index contributed by atoms with van der Waals surface area (Å²) in [4.78, 5) is 28.7. The first-order chi connectivity index (χ1) is 15.8. The molecule has 2 heterocycles. The molecule has 2 aromatic carbocycles. The van der Waals surface area contributed by atoms with Crippen LogP contribution in [0.3, 0.4) is 0 Å². The molecule has 0 radical (unpaired) electrons. The zero-order valence-electron chi connectivity index (χ0n) is 17.3. The average molecular weight is 456 g/mol. The van der Waals surface area contributed by atoms with Gasteiger partial charge in [0.05, 0.1) is 6.33 Å². The highest BCUT2D eigenvalue weighted by Crippen LogP contribution is 2.21. The highest BCUT2D eigenvalue weighted by atomic mass is 19.2. The van der Waals surface area contributed by atoms with Crippen LogP contribution in [0.25, 0.3) is 6.08 Å². The average Bonchev–Trinajstić information content (AvgIpc) is 3.21. The number of aromatic nitrogens is 2. The molecule has 10 heteroatoms. The molecular weight excluding hydrogens is 437 g/mol. The fourth-order valence-electron chi connectivity index (χ4n) is 3.60. The maximum absolute atomic E-state index is 13.4. The van der Waals surface area contributed by atoms with Gasteiger partial charge in [0.2, 0.25) is 5.91 Å². The van der Waals surface area contributed by atoms with Crippen LogP contribution < -0.4 is 5.32 Å². The van der Waals surface area contributed by atoms with Crippen molar-refractivity contribution in [3.05, 3.63) is 88.6 Å². The highest BCUT2D eigenvalue weighted by Gasteiger charge is 2.19. The van der Waals surface area contributed by atoms with Gasteiger partial charge in [0.1, 0.15) is 0 Å². The van der Waals surface area contributed by atoms with Crippen molar-refractivity contribution in [3.63, 3.8) is 0 Å². The van der Waals surface area contributed by atoms with Gasteiger partial charge in [-0.25, -0.2) is 22.9 Å². The van der Waals surface area contributed by atoms with Crippen molar-refractivity contribution in [1.29, 1.82) is 0 Å². The fraction of sp³-hybridized carbons (Fsp3) is 0.174. The van der Waals surface area contributed by atoms with E-state index < -0.39 is 29.5 Å². The van der Waals surface area contributed by atoms with E-state index in [1.807, 2.05) is 18.2 Å². The molecule has 0 saturated heterocycles. The smallest absolute Gasteiger partial charge is 0.407 e. The first-order valence-corrected chi connectivity index (χ1v) is 10.0. The van der Waals surface area contributed by atoms with Gasteiger partial charge in [-0.1, -0.05) is 18.2 Å². The second-order valence-electron chi connectivity index (χ2n) is 7.61. The van der Waals surface area contributed by atoms with Crippen LogP contribution in [-0.2, 0) is 24.3 Å². The molecule has 1 aliphatic rings. The molecule has 1 aromatic heterocycles. The van der Waals surface area contributed by atoms with Gasteiger partial charge in [0.15, 0.2) is 23.3 Å². The van der Waals surface area contributed by atoms with E-state index in [4.69, 9.17) is 5.11 Å². The van der Waals surface area contributed by atoms with Crippen molar-refractivity contribution in [2.75, 3.05) is 11.9 Å². The Balaban J connectivity index is 1.36. The summed E-state index contributed by atoms with van der Waals surface area (Å²) in [5.74, 6) is -4.25. The first-order valence-electron chi connectivity index (χ1n) is 10.0. The molecule has 170 valence electrons. The second kappa shape index (κ2) is 9.19. The van der Waals surface area contributed by atoms with Crippen LogP contribution in [0.4, 0.5) is 23.8 Å². The zero-order valence-corrected chi connectivity index (χ0v) is 17.3. The number of nitrogens with one attached hydrogen (secondary N) is 1. The van der Waals surface area contributed by atoms with Crippen molar-refractivity contribution in [3.8, 4) is 0 Å². The molecule has 0 fully saturated rings. The third-order valence-electron chi connectivity index (χ3n) is 5.23. The molecule has 0 atom stereocenters. The molecule has 33 heavy (non-hydrogen) atoms. The number of imidazole rings is 1. The number of halogens is 3. The molecule has 0 unspecified atom stereocenters. The summed E-state index contributed by atoms with van der Waals surface area (Å²) in [6.07, 6.45) is 5.51. The lowest BCUT2D eigenvalue weighted by Crippen LogP contribution is -2.34. The summed E-state index contributed by atoms with van der Waals surface area (Å²) in [5.41, 5.74) is 3.00. The van der Waals surface area contributed by atoms with Gasteiger partial charge < -0.3 is 19.9 Å². The van der Waals surface area contributed by atoms with Crippen LogP contribution in [0.1, 0.15) is 22.3 Å². The van der Waals surface area contributed by atoms with Crippen LogP contribution in [-0.4, -0.2) is 38.1 Å². The molecular formula is C23H19F3N4O3. The molecule has 2 amide bonds. The number of nitrogens with zero attached hydrogens (tertiary/aromatic N) is 3. The first kappa shape index (κ1) is 22.1. The Morgan fingerprint density at radius 3 is 2.61 bits per heavy atom. The van der Waals surface area contributed by atoms with E-state index in [0.717, 1.165) is 28.8 Å². The van der Waals surface area contributed by atoms with Gasteiger partial charge in [-0.2, -0.15) is 0 Å². The summed E-state index contributed by atoms with van der Waals surface area (Å²) < 4.78 is 41.3. The normalized spacial score (nSPS) is 13.2. The summed E-state index contributed by atoms with van der Waals surface area (Å²) >= 11 is 0.